The maximum atomic E-state index is 12.5. The molecule has 2 aromatic rings. The molecule has 8 heteroatoms. The summed E-state index contributed by atoms with van der Waals surface area (Å²) in [6.45, 7) is 4.20. The molecule has 3 rings (SSSR count). The smallest absolute Gasteiger partial charge is 0.317 e. The predicted molar refractivity (Wildman–Crippen MR) is 107 cm³/mol. The number of halogens is 1. The first-order valence-corrected chi connectivity index (χ1v) is 9.66. The minimum atomic E-state index is -0.144. The Bertz CT molecular complexity index is 822. The van der Waals surface area contributed by atoms with E-state index < -0.39 is 0 Å². The number of urea groups is 2. The van der Waals surface area contributed by atoms with Crippen LogP contribution in [0.4, 0.5) is 9.59 Å². The maximum Gasteiger partial charge on any atom is 0.317 e. The molecule has 2 heterocycles. The van der Waals surface area contributed by atoms with Gasteiger partial charge in [0.1, 0.15) is 0 Å². The molecule has 27 heavy (non-hydrogen) atoms. The van der Waals surface area contributed by atoms with E-state index in [1.807, 2.05) is 31.2 Å². The third-order valence-corrected chi connectivity index (χ3v) is 5.18. The van der Waals surface area contributed by atoms with Gasteiger partial charge in [-0.15, -0.1) is 0 Å². The largest absolute Gasteiger partial charge is 0.357 e. The molecule has 0 spiro atoms. The fourth-order valence-electron chi connectivity index (χ4n) is 3.44. The third-order valence-electron chi connectivity index (χ3n) is 4.95. The van der Waals surface area contributed by atoms with Crippen LogP contribution in [0.3, 0.4) is 0 Å². The predicted octanol–water partition coefficient (Wildman–Crippen LogP) is 3.16. The quantitative estimate of drug-likeness (QED) is 0.748. The van der Waals surface area contributed by atoms with Crippen molar-refractivity contribution in [2.75, 3.05) is 26.7 Å². The lowest BCUT2D eigenvalue weighted by Gasteiger charge is -2.37. The first-order valence-electron chi connectivity index (χ1n) is 9.28. The SMILES string of the molecule is CCNC(=O)N1CCC[C@@H](N(C)C(=O)NCc2cc3cc(Cl)ccc3[nH]2)C1. The molecule has 146 valence electrons. The normalized spacial score (nSPS) is 17.0. The number of H-pyrrole nitrogens is 1. The molecule has 1 saturated heterocycles. The molecule has 1 aliphatic heterocycles. The van der Waals surface area contributed by atoms with Crippen LogP contribution in [0.25, 0.3) is 10.9 Å². The van der Waals surface area contributed by atoms with Crippen molar-refractivity contribution < 1.29 is 9.59 Å². The van der Waals surface area contributed by atoms with Crippen molar-refractivity contribution in [3.05, 3.63) is 35.0 Å². The summed E-state index contributed by atoms with van der Waals surface area (Å²) in [6, 6.07) is 7.44. The molecule has 1 aromatic carbocycles. The zero-order valence-corrected chi connectivity index (χ0v) is 16.5. The number of hydrogen-bond acceptors (Lipinski definition) is 2. The van der Waals surface area contributed by atoms with Crippen LogP contribution in [0.2, 0.25) is 5.02 Å². The molecule has 1 atom stereocenters. The zero-order chi connectivity index (χ0) is 19.4. The maximum absolute atomic E-state index is 12.5. The second-order valence-electron chi connectivity index (χ2n) is 6.87. The Morgan fingerprint density at radius 1 is 1.33 bits per heavy atom. The number of nitrogens with zero attached hydrogens (tertiary/aromatic N) is 2. The van der Waals surface area contributed by atoms with E-state index in [9.17, 15) is 9.59 Å². The van der Waals surface area contributed by atoms with Gasteiger partial charge in [-0.3, -0.25) is 0 Å². The van der Waals surface area contributed by atoms with Gasteiger partial charge in [-0.05, 0) is 44.0 Å². The molecule has 1 aliphatic rings. The number of rotatable bonds is 4. The first-order chi connectivity index (χ1) is 13.0. The fraction of sp³-hybridized carbons (Fsp3) is 0.474. The molecule has 4 amide bonds. The molecular formula is C19H26ClN5O2. The first kappa shape index (κ1) is 19.4. The van der Waals surface area contributed by atoms with Gasteiger partial charge in [-0.2, -0.15) is 0 Å². The van der Waals surface area contributed by atoms with Gasteiger partial charge in [0.05, 0.1) is 12.6 Å². The van der Waals surface area contributed by atoms with Gasteiger partial charge in [-0.25, -0.2) is 9.59 Å². The lowest BCUT2D eigenvalue weighted by Crippen LogP contribution is -2.54. The van der Waals surface area contributed by atoms with Crippen LogP contribution in [0.15, 0.2) is 24.3 Å². The number of nitrogens with one attached hydrogen (secondary N) is 3. The lowest BCUT2D eigenvalue weighted by molar-refractivity contribution is 0.132. The molecule has 0 aliphatic carbocycles. The highest BCUT2D eigenvalue weighted by atomic mass is 35.5. The number of piperidine rings is 1. The molecule has 0 radical (unpaired) electrons. The highest BCUT2D eigenvalue weighted by Crippen LogP contribution is 2.20. The second-order valence-corrected chi connectivity index (χ2v) is 7.31. The summed E-state index contributed by atoms with van der Waals surface area (Å²) in [5.74, 6) is 0. The van der Waals surface area contributed by atoms with Gasteiger partial charge < -0.3 is 25.4 Å². The average Bonchev–Trinajstić information content (AvgIpc) is 3.07. The zero-order valence-electron chi connectivity index (χ0n) is 15.7. The number of aromatic amines is 1. The fourth-order valence-corrected chi connectivity index (χ4v) is 3.62. The van der Waals surface area contributed by atoms with Gasteiger partial charge in [0.15, 0.2) is 0 Å². The molecule has 1 fully saturated rings. The molecule has 1 aromatic heterocycles. The number of fused-ring (bicyclic) bond motifs is 1. The second kappa shape index (κ2) is 8.52. The minimum absolute atomic E-state index is 0.0166. The Morgan fingerprint density at radius 3 is 2.93 bits per heavy atom. The van der Waals surface area contributed by atoms with Crippen LogP contribution >= 0.6 is 11.6 Å². The van der Waals surface area contributed by atoms with Crippen LogP contribution in [0.5, 0.6) is 0 Å². The Morgan fingerprint density at radius 2 is 2.15 bits per heavy atom. The Hall–Kier alpha value is -2.41. The number of amides is 4. The van der Waals surface area contributed by atoms with Gasteiger partial charge in [0, 0.05) is 48.3 Å². The lowest BCUT2D eigenvalue weighted by atomic mass is 10.1. The van der Waals surface area contributed by atoms with Crippen LogP contribution in [0.1, 0.15) is 25.5 Å². The summed E-state index contributed by atoms with van der Waals surface area (Å²) >= 11 is 6.01. The number of carbonyl (C=O) groups is 2. The van der Waals surface area contributed by atoms with E-state index in [0.29, 0.717) is 24.7 Å². The monoisotopic (exact) mass is 391 g/mol. The van der Waals surface area contributed by atoms with Crippen molar-refractivity contribution in [2.24, 2.45) is 0 Å². The summed E-state index contributed by atoms with van der Waals surface area (Å²) in [5, 5.41) is 7.47. The Labute approximate surface area is 164 Å². The van der Waals surface area contributed by atoms with E-state index in [-0.39, 0.29) is 18.1 Å². The van der Waals surface area contributed by atoms with Crippen molar-refractivity contribution in [3.63, 3.8) is 0 Å². The topological polar surface area (TPSA) is 80.5 Å². The van der Waals surface area contributed by atoms with Crippen LogP contribution in [-0.4, -0.2) is 59.6 Å². The molecule has 0 bridgehead atoms. The van der Waals surface area contributed by atoms with Crippen molar-refractivity contribution in [1.29, 1.82) is 0 Å². The van der Waals surface area contributed by atoms with Gasteiger partial charge >= 0.3 is 12.1 Å². The summed E-state index contributed by atoms with van der Waals surface area (Å²) in [5.41, 5.74) is 1.91. The summed E-state index contributed by atoms with van der Waals surface area (Å²) in [7, 11) is 1.78. The highest BCUT2D eigenvalue weighted by molar-refractivity contribution is 6.31. The minimum Gasteiger partial charge on any atom is -0.357 e. The molecule has 0 saturated carbocycles. The molecule has 3 N–H and O–H groups in total. The number of likely N-dealkylation sites (N-methyl/N-ethyl adjacent to an activating group) is 1. The van der Waals surface area contributed by atoms with Gasteiger partial charge in [0.2, 0.25) is 0 Å². The Balaban J connectivity index is 1.55. The van der Waals surface area contributed by atoms with E-state index in [2.05, 4.69) is 15.6 Å². The molecule has 7 nitrogen and oxygen atoms in total. The van der Waals surface area contributed by atoms with Crippen LogP contribution < -0.4 is 10.6 Å². The number of aromatic nitrogens is 1. The van der Waals surface area contributed by atoms with Crippen molar-refractivity contribution in [1.82, 2.24) is 25.4 Å². The van der Waals surface area contributed by atoms with E-state index in [1.54, 1.807) is 16.8 Å². The summed E-state index contributed by atoms with van der Waals surface area (Å²) in [6.07, 6.45) is 1.78. The van der Waals surface area contributed by atoms with Gasteiger partial charge in [0.25, 0.3) is 0 Å². The van der Waals surface area contributed by atoms with E-state index in [1.165, 1.54) is 0 Å². The number of likely N-dealkylation sites (tertiary alicyclic amines) is 1. The third kappa shape index (κ3) is 4.66. The summed E-state index contributed by atoms with van der Waals surface area (Å²) in [4.78, 5) is 31.3. The van der Waals surface area contributed by atoms with Crippen LogP contribution in [0, 0.1) is 0 Å². The highest BCUT2D eigenvalue weighted by Gasteiger charge is 2.28. The number of hydrogen-bond donors (Lipinski definition) is 3. The Kier molecular flexibility index (Phi) is 6.11. The summed E-state index contributed by atoms with van der Waals surface area (Å²) < 4.78 is 0. The van der Waals surface area contributed by atoms with Crippen molar-refractivity contribution in [2.45, 2.75) is 32.4 Å². The standard InChI is InChI=1S/C19H26ClN5O2/c1-3-21-19(27)25-8-4-5-16(12-25)24(2)18(26)22-11-15-10-13-9-14(20)6-7-17(13)23-15/h6-7,9-10,16,23H,3-5,8,11-12H2,1-2H3,(H,21,27)(H,22,26)/t16-/m1/s1. The van der Waals surface area contributed by atoms with E-state index in [0.717, 1.165) is 36.0 Å². The van der Waals surface area contributed by atoms with Gasteiger partial charge in [-0.1, -0.05) is 11.6 Å². The van der Waals surface area contributed by atoms with Crippen molar-refractivity contribution >= 4 is 34.6 Å². The molecular weight excluding hydrogens is 366 g/mol. The van der Waals surface area contributed by atoms with E-state index in [4.69, 9.17) is 11.6 Å². The molecule has 0 unspecified atom stereocenters. The van der Waals surface area contributed by atoms with Crippen LogP contribution in [-0.2, 0) is 6.54 Å². The van der Waals surface area contributed by atoms with E-state index >= 15 is 0 Å². The number of benzene rings is 1. The van der Waals surface area contributed by atoms with Crippen molar-refractivity contribution in [3.8, 4) is 0 Å². The average molecular weight is 392 g/mol. The number of carbonyl (C=O) groups excluding carboxylic acids is 2.